The van der Waals surface area contributed by atoms with E-state index in [0.717, 1.165) is 30.8 Å². The highest BCUT2D eigenvalue weighted by Crippen LogP contribution is 2.29. The van der Waals surface area contributed by atoms with Gasteiger partial charge in [-0.15, -0.1) is 0 Å². The highest BCUT2D eigenvalue weighted by molar-refractivity contribution is 9.11. The van der Waals surface area contributed by atoms with Gasteiger partial charge in [-0.2, -0.15) is 0 Å². The van der Waals surface area contributed by atoms with Crippen LogP contribution >= 0.6 is 31.9 Å². The number of fused-ring (bicyclic) bond motifs is 1. The van der Waals surface area contributed by atoms with Crippen molar-refractivity contribution in [3.8, 4) is 0 Å². The molecule has 0 aliphatic heterocycles. The zero-order valence-corrected chi connectivity index (χ0v) is 14.5. The molecule has 0 atom stereocenters. The maximum Gasteiger partial charge on any atom is 0.193 e. The number of ketones is 1. The molecule has 0 saturated carbocycles. The largest absolute Gasteiger partial charge is 0.289 e. The molecule has 0 radical (unpaired) electrons. The van der Waals surface area contributed by atoms with Crippen LogP contribution in [0.4, 0.5) is 0 Å². The van der Waals surface area contributed by atoms with Gasteiger partial charge in [0.05, 0.1) is 0 Å². The molecule has 1 nitrogen and oxygen atoms in total. The zero-order chi connectivity index (χ0) is 15.0. The van der Waals surface area contributed by atoms with Crippen LogP contribution in [0.15, 0.2) is 63.5 Å². The van der Waals surface area contributed by atoms with Gasteiger partial charge in [-0.3, -0.25) is 4.79 Å². The van der Waals surface area contributed by atoms with Gasteiger partial charge in [0.2, 0.25) is 0 Å². The number of benzene rings is 3. The summed E-state index contributed by atoms with van der Waals surface area (Å²) in [7, 11) is 0. The Hall–Kier alpha value is -1.45. The van der Waals surface area contributed by atoms with Gasteiger partial charge in [0.25, 0.3) is 0 Å². The molecule has 3 rings (SSSR count). The summed E-state index contributed by atoms with van der Waals surface area (Å²) in [5, 5.41) is 2.02. The second-order valence-electron chi connectivity index (χ2n) is 4.99. The summed E-state index contributed by atoms with van der Waals surface area (Å²) >= 11 is 7.00. The van der Waals surface area contributed by atoms with Gasteiger partial charge in [0.15, 0.2) is 5.78 Å². The molecular weight excluding hydrogens is 392 g/mol. The monoisotopic (exact) mass is 402 g/mol. The first-order chi connectivity index (χ1) is 10.1. The summed E-state index contributed by atoms with van der Waals surface area (Å²) in [6.07, 6.45) is 0. The summed E-state index contributed by atoms with van der Waals surface area (Å²) in [5.41, 5.74) is 2.50. The van der Waals surface area contributed by atoms with Crippen LogP contribution in [0.3, 0.4) is 0 Å². The summed E-state index contributed by atoms with van der Waals surface area (Å²) in [6.45, 7) is 1.99. The lowest BCUT2D eigenvalue weighted by Gasteiger charge is -2.08. The molecule has 21 heavy (non-hydrogen) atoms. The van der Waals surface area contributed by atoms with Crippen LogP contribution in [0.1, 0.15) is 21.5 Å². The van der Waals surface area contributed by atoms with Crippen molar-refractivity contribution in [3.05, 3.63) is 80.2 Å². The molecule has 104 valence electrons. The number of halogens is 2. The van der Waals surface area contributed by atoms with Crippen LogP contribution in [0.25, 0.3) is 10.8 Å². The quantitative estimate of drug-likeness (QED) is 0.486. The number of carbonyl (C=O) groups is 1. The Morgan fingerprint density at radius 3 is 2.33 bits per heavy atom. The van der Waals surface area contributed by atoms with Gasteiger partial charge in [-0.05, 0) is 53.6 Å². The van der Waals surface area contributed by atoms with Gasteiger partial charge in [-0.25, -0.2) is 0 Å². The summed E-state index contributed by atoms with van der Waals surface area (Å²) in [5.74, 6) is 0.0445. The Kier molecular flexibility index (Phi) is 3.96. The van der Waals surface area contributed by atoms with E-state index in [1.807, 2.05) is 61.5 Å². The van der Waals surface area contributed by atoms with Crippen molar-refractivity contribution >= 4 is 48.4 Å². The van der Waals surface area contributed by atoms with Gasteiger partial charge < -0.3 is 0 Å². The van der Waals surface area contributed by atoms with E-state index in [-0.39, 0.29) is 5.78 Å². The molecular formula is C18H12Br2O. The van der Waals surface area contributed by atoms with Crippen molar-refractivity contribution in [3.63, 3.8) is 0 Å². The molecule has 0 heterocycles. The fourth-order valence-corrected chi connectivity index (χ4v) is 3.57. The standard InChI is InChI=1S/C18H12Br2O/c1-11-8-12(10-13(19)9-11)18(21)16-6-7-17(20)15-5-3-2-4-14(15)16/h2-10H,1H3. The number of hydrogen-bond acceptors (Lipinski definition) is 1. The topological polar surface area (TPSA) is 17.1 Å². The molecule has 0 unspecified atom stereocenters. The first-order valence-electron chi connectivity index (χ1n) is 6.55. The molecule has 0 N–H and O–H groups in total. The average molecular weight is 404 g/mol. The lowest BCUT2D eigenvalue weighted by atomic mass is 9.96. The minimum absolute atomic E-state index is 0.0445. The predicted octanol–water partition coefficient (Wildman–Crippen LogP) is 5.90. The van der Waals surface area contributed by atoms with E-state index in [9.17, 15) is 4.79 Å². The van der Waals surface area contributed by atoms with E-state index in [0.29, 0.717) is 5.56 Å². The van der Waals surface area contributed by atoms with E-state index >= 15 is 0 Å². The predicted molar refractivity (Wildman–Crippen MR) is 94.0 cm³/mol. The molecule has 0 aliphatic rings. The van der Waals surface area contributed by atoms with E-state index in [4.69, 9.17) is 0 Å². The third kappa shape index (κ3) is 2.81. The molecule has 3 aromatic carbocycles. The van der Waals surface area contributed by atoms with Crippen LogP contribution in [0.2, 0.25) is 0 Å². The number of aryl methyl sites for hydroxylation is 1. The molecule has 0 spiro atoms. The van der Waals surface area contributed by atoms with Crippen LogP contribution in [0.5, 0.6) is 0 Å². The van der Waals surface area contributed by atoms with Crippen LogP contribution < -0.4 is 0 Å². The summed E-state index contributed by atoms with van der Waals surface area (Å²) in [4.78, 5) is 12.8. The Morgan fingerprint density at radius 1 is 0.905 bits per heavy atom. The third-order valence-electron chi connectivity index (χ3n) is 3.42. The minimum atomic E-state index is 0.0445. The van der Waals surface area contributed by atoms with Crippen molar-refractivity contribution in [2.75, 3.05) is 0 Å². The van der Waals surface area contributed by atoms with Crippen LogP contribution in [-0.4, -0.2) is 5.78 Å². The SMILES string of the molecule is Cc1cc(Br)cc(C(=O)c2ccc(Br)c3ccccc23)c1. The van der Waals surface area contributed by atoms with Gasteiger partial charge in [-0.1, -0.05) is 56.1 Å². The van der Waals surface area contributed by atoms with Crippen molar-refractivity contribution in [1.29, 1.82) is 0 Å². The van der Waals surface area contributed by atoms with Crippen molar-refractivity contribution < 1.29 is 4.79 Å². The second kappa shape index (κ2) is 5.74. The minimum Gasteiger partial charge on any atom is -0.289 e. The second-order valence-corrected chi connectivity index (χ2v) is 6.76. The van der Waals surface area contributed by atoms with E-state index < -0.39 is 0 Å². The third-order valence-corrected chi connectivity index (χ3v) is 4.57. The van der Waals surface area contributed by atoms with E-state index in [1.165, 1.54) is 0 Å². The first kappa shape index (κ1) is 14.5. The molecule has 0 aliphatic carbocycles. The van der Waals surface area contributed by atoms with Crippen molar-refractivity contribution in [2.24, 2.45) is 0 Å². The number of carbonyl (C=O) groups excluding carboxylic acids is 1. The van der Waals surface area contributed by atoms with Gasteiger partial charge >= 0.3 is 0 Å². The Balaban J connectivity index is 2.20. The number of rotatable bonds is 2. The smallest absolute Gasteiger partial charge is 0.193 e. The maximum atomic E-state index is 12.8. The highest BCUT2D eigenvalue weighted by atomic mass is 79.9. The first-order valence-corrected chi connectivity index (χ1v) is 8.14. The van der Waals surface area contributed by atoms with Crippen molar-refractivity contribution in [2.45, 2.75) is 6.92 Å². The Labute approximate surface area is 140 Å². The van der Waals surface area contributed by atoms with E-state index in [1.54, 1.807) is 0 Å². The molecule has 3 aromatic rings. The maximum absolute atomic E-state index is 12.8. The summed E-state index contributed by atoms with van der Waals surface area (Å²) in [6, 6.07) is 17.5. The fourth-order valence-electron chi connectivity index (χ4n) is 2.48. The molecule has 0 amide bonds. The number of hydrogen-bond donors (Lipinski definition) is 0. The zero-order valence-electron chi connectivity index (χ0n) is 11.4. The Bertz CT molecular complexity index is 833. The summed E-state index contributed by atoms with van der Waals surface area (Å²) < 4.78 is 1.92. The van der Waals surface area contributed by atoms with Gasteiger partial charge in [0.1, 0.15) is 0 Å². The normalized spacial score (nSPS) is 10.8. The lowest BCUT2D eigenvalue weighted by molar-refractivity contribution is 0.104. The molecule has 0 fully saturated rings. The molecule has 0 bridgehead atoms. The average Bonchev–Trinajstić information content (AvgIpc) is 2.46. The van der Waals surface area contributed by atoms with Crippen LogP contribution in [0, 0.1) is 6.92 Å². The molecule has 3 heteroatoms. The molecule has 0 saturated heterocycles. The highest BCUT2D eigenvalue weighted by Gasteiger charge is 2.14. The Morgan fingerprint density at radius 2 is 1.62 bits per heavy atom. The van der Waals surface area contributed by atoms with Crippen LogP contribution in [-0.2, 0) is 0 Å². The lowest BCUT2D eigenvalue weighted by Crippen LogP contribution is -2.03. The van der Waals surface area contributed by atoms with E-state index in [2.05, 4.69) is 31.9 Å². The van der Waals surface area contributed by atoms with Gasteiger partial charge in [0, 0.05) is 20.1 Å². The fraction of sp³-hybridized carbons (Fsp3) is 0.0556. The van der Waals surface area contributed by atoms with Crippen molar-refractivity contribution in [1.82, 2.24) is 0 Å². The molecule has 0 aromatic heterocycles.